The predicted molar refractivity (Wildman–Crippen MR) is 129 cm³/mol. The zero-order valence-corrected chi connectivity index (χ0v) is 18.8. The maximum Gasteiger partial charge on any atom is 0.191 e. The summed E-state index contributed by atoms with van der Waals surface area (Å²) < 4.78 is 5.65. The number of methoxy groups -OCH3 is 1. The second-order valence-corrected chi connectivity index (χ2v) is 7.92. The normalized spacial score (nSPS) is 15.5. The van der Waals surface area contributed by atoms with E-state index in [1.54, 1.807) is 14.2 Å². The van der Waals surface area contributed by atoms with Gasteiger partial charge in [-0.3, -0.25) is 9.89 Å². The molecule has 7 heteroatoms. The minimum atomic E-state index is 0.223. The highest BCUT2D eigenvalue weighted by Gasteiger charge is 2.26. The lowest BCUT2D eigenvalue weighted by Gasteiger charge is -2.30. The van der Waals surface area contributed by atoms with Gasteiger partial charge in [0.2, 0.25) is 0 Å². The van der Waals surface area contributed by atoms with Gasteiger partial charge in [-0.05, 0) is 37.6 Å². The van der Waals surface area contributed by atoms with Gasteiger partial charge in [-0.25, -0.2) is 4.98 Å². The molecular formula is C25H32N6O. The number of likely N-dealkylation sites (tertiary alicyclic amines) is 1. The molecule has 2 heterocycles. The van der Waals surface area contributed by atoms with Crippen LogP contribution in [0.5, 0.6) is 5.75 Å². The fourth-order valence-electron chi connectivity index (χ4n) is 4.23. The third-order valence-corrected chi connectivity index (χ3v) is 5.90. The third-order valence-electron chi connectivity index (χ3n) is 5.90. The molecule has 0 radical (unpaired) electrons. The summed E-state index contributed by atoms with van der Waals surface area (Å²) in [7, 11) is 3.53. The Morgan fingerprint density at radius 2 is 1.84 bits per heavy atom. The Bertz CT molecular complexity index is 1010. The summed E-state index contributed by atoms with van der Waals surface area (Å²) in [6.07, 6.45) is 4.34. The highest BCUT2D eigenvalue weighted by Crippen LogP contribution is 2.31. The van der Waals surface area contributed by atoms with E-state index in [4.69, 9.17) is 4.74 Å². The van der Waals surface area contributed by atoms with Crippen molar-refractivity contribution in [3.8, 4) is 17.0 Å². The van der Waals surface area contributed by atoms with Crippen molar-refractivity contribution in [2.24, 2.45) is 4.99 Å². The number of aromatic amines is 1. The molecule has 0 bridgehead atoms. The van der Waals surface area contributed by atoms with Crippen molar-refractivity contribution in [3.05, 3.63) is 72.2 Å². The SMILES string of the molecule is CN=C(NCc1ncc(-c2ccccc2)[nH]1)NCC(c1ccccc1OC)N1CCCC1. The maximum atomic E-state index is 5.65. The predicted octanol–water partition coefficient (Wildman–Crippen LogP) is 3.59. The smallest absolute Gasteiger partial charge is 0.191 e. The molecule has 1 aliphatic rings. The number of hydrogen-bond donors (Lipinski definition) is 3. The van der Waals surface area contributed by atoms with Gasteiger partial charge in [0.1, 0.15) is 11.6 Å². The fourth-order valence-corrected chi connectivity index (χ4v) is 4.23. The van der Waals surface area contributed by atoms with Crippen molar-refractivity contribution in [2.75, 3.05) is 33.8 Å². The van der Waals surface area contributed by atoms with E-state index in [0.29, 0.717) is 6.54 Å². The van der Waals surface area contributed by atoms with Crippen LogP contribution in [-0.2, 0) is 6.54 Å². The number of aliphatic imine (C=N–C) groups is 1. The summed E-state index contributed by atoms with van der Waals surface area (Å²) in [5, 5.41) is 6.88. The van der Waals surface area contributed by atoms with Crippen LogP contribution in [-0.4, -0.2) is 54.6 Å². The second-order valence-electron chi connectivity index (χ2n) is 7.92. The fraction of sp³-hybridized carbons (Fsp3) is 0.360. The van der Waals surface area contributed by atoms with Gasteiger partial charge >= 0.3 is 0 Å². The van der Waals surface area contributed by atoms with Crippen molar-refractivity contribution < 1.29 is 4.74 Å². The van der Waals surface area contributed by atoms with Gasteiger partial charge in [0.15, 0.2) is 5.96 Å². The summed E-state index contributed by atoms with van der Waals surface area (Å²) in [6.45, 7) is 3.51. The number of ether oxygens (including phenoxy) is 1. The molecule has 1 saturated heterocycles. The summed E-state index contributed by atoms with van der Waals surface area (Å²) in [5.41, 5.74) is 3.34. The number of para-hydroxylation sites is 1. The molecule has 1 aromatic heterocycles. The first-order valence-corrected chi connectivity index (χ1v) is 11.2. The van der Waals surface area contributed by atoms with Crippen LogP contribution in [0.4, 0.5) is 0 Å². The molecule has 0 amide bonds. The van der Waals surface area contributed by atoms with Crippen molar-refractivity contribution in [1.29, 1.82) is 0 Å². The number of imidazole rings is 1. The summed E-state index contributed by atoms with van der Waals surface area (Å²) >= 11 is 0. The topological polar surface area (TPSA) is 77.6 Å². The van der Waals surface area contributed by atoms with E-state index in [9.17, 15) is 0 Å². The average molecular weight is 433 g/mol. The molecule has 2 aromatic carbocycles. The van der Waals surface area contributed by atoms with Crippen LogP contribution >= 0.6 is 0 Å². The number of hydrogen-bond acceptors (Lipinski definition) is 4. The van der Waals surface area contributed by atoms with Crippen LogP contribution in [0, 0.1) is 0 Å². The summed E-state index contributed by atoms with van der Waals surface area (Å²) in [5.74, 6) is 2.55. The van der Waals surface area contributed by atoms with Gasteiger partial charge in [0.25, 0.3) is 0 Å². The van der Waals surface area contributed by atoms with Gasteiger partial charge < -0.3 is 20.4 Å². The molecule has 32 heavy (non-hydrogen) atoms. The summed E-state index contributed by atoms with van der Waals surface area (Å²) in [4.78, 5) is 14.8. The van der Waals surface area contributed by atoms with Gasteiger partial charge in [0.05, 0.1) is 31.6 Å². The van der Waals surface area contributed by atoms with Crippen molar-refractivity contribution >= 4 is 5.96 Å². The van der Waals surface area contributed by atoms with E-state index in [-0.39, 0.29) is 6.04 Å². The van der Waals surface area contributed by atoms with Gasteiger partial charge in [0, 0.05) is 19.2 Å². The van der Waals surface area contributed by atoms with E-state index >= 15 is 0 Å². The lowest BCUT2D eigenvalue weighted by molar-refractivity contribution is 0.239. The lowest BCUT2D eigenvalue weighted by atomic mass is 10.0. The van der Waals surface area contributed by atoms with Gasteiger partial charge in [-0.15, -0.1) is 0 Å². The highest BCUT2D eigenvalue weighted by atomic mass is 16.5. The van der Waals surface area contributed by atoms with Gasteiger partial charge in [-0.1, -0.05) is 48.5 Å². The van der Waals surface area contributed by atoms with Crippen LogP contribution < -0.4 is 15.4 Å². The molecule has 168 valence electrons. The van der Waals surface area contributed by atoms with Crippen molar-refractivity contribution in [3.63, 3.8) is 0 Å². The molecule has 3 N–H and O–H groups in total. The second kappa shape index (κ2) is 10.8. The number of H-pyrrole nitrogens is 1. The van der Waals surface area contributed by atoms with E-state index in [2.05, 4.69) is 54.8 Å². The Morgan fingerprint density at radius 1 is 1.09 bits per heavy atom. The van der Waals surface area contributed by atoms with Crippen LogP contribution in [0.3, 0.4) is 0 Å². The molecule has 0 aliphatic carbocycles. The van der Waals surface area contributed by atoms with E-state index in [1.807, 2.05) is 36.5 Å². The van der Waals surface area contributed by atoms with E-state index in [0.717, 1.165) is 48.4 Å². The monoisotopic (exact) mass is 432 g/mol. The minimum absolute atomic E-state index is 0.223. The quantitative estimate of drug-likeness (QED) is 0.375. The molecule has 1 unspecified atom stereocenters. The Kier molecular flexibility index (Phi) is 7.40. The highest BCUT2D eigenvalue weighted by molar-refractivity contribution is 5.79. The third kappa shape index (κ3) is 5.29. The zero-order chi connectivity index (χ0) is 22.2. The van der Waals surface area contributed by atoms with Gasteiger partial charge in [-0.2, -0.15) is 0 Å². The van der Waals surface area contributed by atoms with Crippen LogP contribution in [0.2, 0.25) is 0 Å². The molecule has 1 aliphatic heterocycles. The Labute approximate surface area is 189 Å². The van der Waals surface area contributed by atoms with Crippen LogP contribution in [0.1, 0.15) is 30.3 Å². The van der Waals surface area contributed by atoms with E-state index in [1.165, 1.54) is 18.4 Å². The molecular weight excluding hydrogens is 400 g/mol. The maximum absolute atomic E-state index is 5.65. The van der Waals surface area contributed by atoms with E-state index < -0.39 is 0 Å². The number of nitrogens with zero attached hydrogens (tertiary/aromatic N) is 3. The number of benzene rings is 2. The number of rotatable bonds is 8. The largest absolute Gasteiger partial charge is 0.496 e. The number of nitrogens with one attached hydrogen (secondary N) is 3. The Balaban J connectivity index is 1.38. The number of aromatic nitrogens is 2. The first kappa shape index (κ1) is 21.9. The van der Waals surface area contributed by atoms with Crippen molar-refractivity contribution in [2.45, 2.75) is 25.4 Å². The molecule has 0 saturated carbocycles. The van der Waals surface area contributed by atoms with Crippen LogP contribution in [0.25, 0.3) is 11.3 Å². The molecule has 4 rings (SSSR count). The first-order chi connectivity index (χ1) is 15.8. The number of guanidine groups is 1. The molecule has 7 nitrogen and oxygen atoms in total. The molecule has 3 aromatic rings. The average Bonchev–Trinajstić information content (AvgIpc) is 3.55. The molecule has 0 spiro atoms. The Hall–Kier alpha value is -3.32. The minimum Gasteiger partial charge on any atom is -0.496 e. The lowest BCUT2D eigenvalue weighted by Crippen LogP contribution is -2.42. The summed E-state index contributed by atoms with van der Waals surface area (Å²) in [6, 6.07) is 18.7. The zero-order valence-electron chi connectivity index (χ0n) is 18.8. The molecule has 1 fully saturated rings. The van der Waals surface area contributed by atoms with Crippen LogP contribution in [0.15, 0.2) is 65.8 Å². The standard InChI is InChI=1S/C25H32N6O/c1-26-25(29-18-24-27-16-21(30-24)19-10-4-3-5-11-19)28-17-22(31-14-8-9-15-31)20-12-6-7-13-23(20)32-2/h3-7,10-13,16,22H,8-9,14-15,17-18H2,1-2H3,(H,27,30)(H2,26,28,29). The first-order valence-electron chi connectivity index (χ1n) is 11.2. The van der Waals surface area contributed by atoms with Crippen molar-refractivity contribution in [1.82, 2.24) is 25.5 Å². The molecule has 1 atom stereocenters. The Morgan fingerprint density at radius 3 is 2.59 bits per heavy atom.